The Bertz CT molecular complexity index is 4810. The van der Waals surface area contributed by atoms with E-state index in [1.807, 2.05) is 52.0 Å². The van der Waals surface area contributed by atoms with Gasteiger partial charge in [-0.25, -0.2) is 9.13 Å². The minimum absolute atomic E-state index is 0. The molecule has 9 rings (SSSR count). The van der Waals surface area contributed by atoms with Gasteiger partial charge in [0.1, 0.15) is 35.6 Å². The molecule has 2 aromatic heterocycles. The summed E-state index contributed by atoms with van der Waals surface area (Å²) in [7, 11) is 0. The van der Waals surface area contributed by atoms with Crippen LogP contribution in [0.15, 0.2) is 72.8 Å². The molecular weight excluding hydrogens is 1860 g/mol. The molecule has 3 saturated heterocycles. The summed E-state index contributed by atoms with van der Waals surface area (Å²) >= 11 is 0. The number of carboxylic acid groups (broad SMARTS) is 5. The smallest absolute Gasteiger partial charge is 0.320 e. The third-order valence-electron chi connectivity index (χ3n) is 22.9. The number of aromatic nitrogens is 6. The number of ketones is 2. The summed E-state index contributed by atoms with van der Waals surface area (Å²) in [6.07, 6.45) is -2.17. The SMILES string of the molecule is CC(C)c1cc(-c2nnc(O)n2-c2ccc(CN3CCN(C(=O)CCCC(=O)[C@@H](CCC(=O)N4CCN(Cc5ccc(-n6c(O)nnc6-c6cc(C(C)C)c(O)cc6O)cc5)CC4)NC(=O)CCNC(=O)[C@@H](CCC(=O)O)CC(=O)COCCOCCNC(=O)CC[C@H](C(=O)O)N4CCN(CC(=O)O)CCN(CC(=O)O)CCN(CC(=O)O)CC4)CC3)cc2)c(O)cc1O.[Lu]. The van der Waals surface area contributed by atoms with E-state index in [4.69, 9.17) is 9.47 Å². The van der Waals surface area contributed by atoms with Crippen molar-refractivity contribution in [1.82, 2.24) is 84.7 Å². The largest absolute Gasteiger partial charge is 0.508 e. The predicted molar refractivity (Wildman–Crippen MR) is 462 cm³/mol. The Hall–Kier alpha value is -11.1. The van der Waals surface area contributed by atoms with Gasteiger partial charge >= 0.3 is 41.9 Å². The van der Waals surface area contributed by atoms with Crippen molar-refractivity contribution >= 4 is 70.9 Å². The number of phenols is 4. The molecule has 0 spiro atoms. The molecule has 3 fully saturated rings. The van der Waals surface area contributed by atoms with Crippen LogP contribution in [0, 0.1) is 42.8 Å². The van der Waals surface area contributed by atoms with E-state index in [0.29, 0.717) is 87.9 Å². The number of nitrogens with zero attached hydrogens (tertiary/aromatic N) is 14. The molecule has 4 aromatic carbocycles. The van der Waals surface area contributed by atoms with Crippen molar-refractivity contribution in [3.8, 4) is 69.2 Å². The molecule has 717 valence electrons. The van der Waals surface area contributed by atoms with Crippen LogP contribution in [0.3, 0.4) is 0 Å². The fraction of sp³-hybridized carbons (Fsp3) is 0.540. The first kappa shape index (κ1) is 104. The maximum Gasteiger partial charge on any atom is 0.320 e. The van der Waals surface area contributed by atoms with Gasteiger partial charge in [-0.3, -0.25) is 86.9 Å². The van der Waals surface area contributed by atoms with Gasteiger partial charge in [0, 0.05) is 231 Å². The molecule has 14 N–H and O–H groups in total. The maximum absolute atomic E-state index is 14.2. The van der Waals surface area contributed by atoms with Crippen molar-refractivity contribution in [3.05, 3.63) is 95.1 Å². The summed E-state index contributed by atoms with van der Waals surface area (Å²) in [6, 6.07) is 17.0. The number of carbonyl (C=O) groups is 12. The van der Waals surface area contributed by atoms with Crippen molar-refractivity contribution in [2.75, 3.05) is 164 Å². The predicted octanol–water partition coefficient (Wildman–Crippen LogP) is 2.46. The van der Waals surface area contributed by atoms with Crippen LogP contribution in [0.1, 0.15) is 132 Å². The second-order valence-corrected chi connectivity index (χ2v) is 33.0. The molecule has 3 aliphatic rings. The number of carboxylic acids is 5. The molecule has 5 heterocycles. The number of carbonyl (C=O) groups excluding carboxylic acids is 7. The number of hydrogen-bond acceptors (Lipinski definition) is 30. The van der Waals surface area contributed by atoms with Gasteiger partial charge in [-0.2, -0.15) is 0 Å². The molecule has 0 aliphatic carbocycles. The molecule has 0 unspecified atom stereocenters. The van der Waals surface area contributed by atoms with E-state index in [0.717, 1.165) is 11.1 Å². The van der Waals surface area contributed by atoms with Crippen molar-refractivity contribution in [2.45, 2.75) is 135 Å². The van der Waals surface area contributed by atoms with Crippen molar-refractivity contribution in [2.24, 2.45) is 5.92 Å². The van der Waals surface area contributed by atoms with E-state index in [1.54, 1.807) is 65.8 Å². The van der Waals surface area contributed by atoms with Crippen LogP contribution in [0.4, 0.5) is 0 Å². The third-order valence-corrected chi connectivity index (χ3v) is 22.9. The number of phenolic OH excluding ortho intramolecular Hbond substituents is 4. The summed E-state index contributed by atoms with van der Waals surface area (Å²) in [6.45, 7) is 10.7. The van der Waals surface area contributed by atoms with Gasteiger partial charge < -0.3 is 91.4 Å². The first-order valence-electron chi connectivity index (χ1n) is 43.2. The number of rotatable bonds is 47. The van der Waals surface area contributed by atoms with E-state index < -0.39 is 122 Å². The molecule has 43 heteroatoms. The minimum Gasteiger partial charge on any atom is -0.508 e. The van der Waals surface area contributed by atoms with E-state index in [9.17, 15) is 114 Å². The van der Waals surface area contributed by atoms with E-state index in [1.165, 1.54) is 21.3 Å². The molecule has 6 aromatic rings. The fourth-order valence-electron chi connectivity index (χ4n) is 15.7. The van der Waals surface area contributed by atoms with Gasteiger partial charge in [0.25, 0.3) is 0 Å². The zero-order valence-electron chi connectivity index (χ0n) is 73.3. The number of piperazine rings is 2. The summed E-state index contributed by atoms with van der Waals surface area (Å²) in [5.74, 6) is -10.9. The molecule has 130 heavy (non-hydrogen) atoms. The molecule has 42 nitrogen and oxygen atoms in total. The molecule has 0 bridgehead atoms. The van der Waals surface area contributed by atoms with Gasteiger partial charge in [-0.15, -0.1) is 10.2 Å². The number of aromatic hydroxyl groups is 6. The Kier molecular flexibility index (Phi) is 41.3. The maximum atomic E-state index is 14.2. The number of aliphatic carboxylic acids is 5. The van der Waals surface area contributed by atoms with Gasteiger partial charge in [-0.05, 0) is 96.2 Å². The molecular formula is C87H119LuN17O25. The van der Waals surface area contributed by atoms with Crippen LogP contribution in [0.2, 0.25) is 0 Å². The van der Waals surface area contributed by atoms with Crippen molar-refractivity contribution in [1.29, 1.82) is 0 Å². The van der Waals surface area contributed by atoms with Gasteiger partial charge in [0.15, 0.2) is 23.2 Å². The number of nitrogens with one attached hydrogen (secondary N) is 3. The van der Waals surface area contributed by atoms with Gasteiger partial charge in [0.05, 0.1) is 68.0 Å². The van der Waals surface area contributed by atoms with Crippen LogP contribution in [-0.2, 0) is 80.1 Å². The standard InChI is InChI=1S/C87H119N17O25.Lu/c1-55(2)63-45-65(72(109)47-70(63)107)82-91-93-86(126)103(82)60-13-8-57(9-14-60)49-95-31-37-101(38-32-95)76(113)7-5-6-69(106)67(17-20-77(114)102-39-33-96(34-40-102)50-58-10-15-61(16-11-58)104-83(92-94-87(104)127)66-46-64(56(3)4)71(108)48-73(66)110)90-75(112)22-23-89-84(123)59(12-21-78(115)116)44-62(105)54-129-43-42-128-41-24-88-74(111)19-18-68(85(124)125)100-35-29-98(52-80(119)120)27-25-97(51-79(117)118)26-28-99(30-36-100)53-81(121)122;/h8-11,13-16,45-48,55-56,59,67-68,107-110H,5-7,12,17-44,49-54H2,1-4H3,(H,88,111)(H,89,123)(H,90,112)(H,93,126)(H,94,127)(H,115,116)(H,117,118)(H,119,120)(H,121,122)(H,124,125);/t59-,67+,68+;/m0./s1. The Balaban J connectivity index is 0.0000209. The summed E-state index contributed by atoms with van der Waals surface area (Å²) in [5.41, 5.74) is 4.54. The van der Waals surface area contributed by atoms with Crippen molar-refractivity contribution in [3.63, 3.8) is 0 Å². The topological polar surface area (TPSA) is 569 Å². The molecule has 0 saturated carbocycles. The van der Waals surface area contributed by atoms with Crippen LogP contribution in [0.5, 0.6) is 35.0 Å². The van der Waals surface area contributed by atoms with E-state index >= 15 is 0 Å². The number of amides is 5. The molecule has 5 amide bonds. The van der Waals surface area contributed by atoms with Gasteiger partial charge in [-0.1, -0.05) is 62.2 Å². The van der Waals surface area contributed by atoms with E-state index in [2.05, 4.69) is 46.1 Å². The second kappa shape index (κ2) is 51.5. The first-order valence-corrected chi connectivity index (χ1v) is 43.2. The third kappa shape index (κ3) is 32.2. The number of ether oxygens (including phenoxy) is 2. The van der Waals surface area contributed by atoms with E-state index in [-0.39, 0.29) is 256 Å². The monoisotopic (exact) mass is 1980 g/mol. The zero-order chi connectivity index (χ0) is 93.5. The number of benzene rings is 4. The summed E-state index contributed by atoms with van der Waals surface area (Å²) in [4.78, 5) is 169. The second-order valence-electron chi connectivity index (χ2n) is 33.0. The Morgan fingerprint density at radius 2 is 0.877 bits per heavy atom. The number of Topliss-reactive ketones (excluding diaryl/α,β-unsaturated/α-hetero) is 2. The normalized spacial score (nSPS) is 15.6. The quantitative estimate of drug-likeness (QED) is 0.0244. The zero-order valence-corrected chi connectivity index (χ0v) is 75.0. The Labute approximate surface area is 780 Å². The van der Waals surface area contributed by atoms with Crippen LogP contribution >= 0.6 is 0 Å². The number of hydrogen-bond donors (Lipinski definition) is 14. The summed E-state index contributed by atoms with van der Waals surface area (Å²) in [5, 5.41) is 137. The average Bonchev–Trinajstić information content (AvgIpc) is 1.61. The van der Waals surface area contributed by atoms with Crippen LogP contribution < -0.4 is 16.0 Å². The van der Waals surface area contributed by atoms with Crippen molar-refractivity contribution < 1.29 is 160 Å². The molecule has 3 aliphatic heterocycles. The molecule has 1 radical (unpaired) electrons. The Morgan fingerprint density at radius 1 is 0.431 bits per heavy atom. The van der Waals surface area contributed by atoms with Crippen LogP contribution in [0.25, 0.3) is 34.2 Å². The Morgan fingerprint density at radius 3 is 1.32 bits per heavy atom. The fourth-order valence-corrected chi connectivity index (χ4v) is 15.7. The first-order chi connectivity index (χ1) is 61.6. The molecule has 3 atom stereocenters. The summed E-state index contributed by atoms with van der Waals surface area (Å²) < 4.78 is 13.8. The van der Waals surface area contributed by atoms with Crippen LogP contribution in [-0.4, -0.2) is 372 Å². The average molecular weight is 1980 g/mol. The van der Waals surface area contributed by atoms with Gasteiger partial charge in [0.2, 0.25) is 29.5 Å². The minimum atomic E-state index is -1.26.